The maximum atomic E-state index is 11.8. The molecule has 0 aromatic rings. The van der Waals surface area contributed by atoms with Gasteiger partial charge in [0.2, 0.25) is 0 Å². The van der Waals surface area contributed by atoms with Gasteiger partial charge in [0, 0.05) is 6.42 Å². The lowest BCUT2D eigenvalue weighted by atomic mass is 9.99. The molecule has 0 spiro atoms. The summed E-state index contributed by atoms with van der Waals surface area (Å²) in [6.07, 6.45) is 5.36. The third kappa shape index (κ3) is 11.9. The maximum Gasteiger partial charge on any atom is 0.305 e. The third-order valence-electron chi connectivity index (χ3n) is 5.72. The Labute approximate surface area is 191 Å². The Morgan fingerprint density at radius 1 is 0.844 bits per heavy atom. The minimum atomic E-state index is -1.55. The van der Waals surface area contributed by atoms with E-state index in [1.807, 2.05) is 0 Å². The van der Waals surface area contributed by atoms with Crippen molar-refractivity contribution in [3.8, 4) is 0 Å². The number of aliphatic hydroxyl groups excluding tert-OH is 5. The first-order valence-corrected chi connectivity index (χ1v) is 12.2. The first-order chi connectivity index (χ1) is 15.4. The van der Waals surface area contributed by atoms with Crippen molar-refractivity contribution in [3.63, 3.8) is 0 Å². The highest BCUT2D eigenvalue weighted by Crippen LogP contribution is 2.22. The van der Waals surface area contributed by atoms with Crippen molar-refractivity contribution in [2.75, 3.05) is 19.8 Å². The van der Waals surface area contributed by atoms with Gasteiger partial charge in [-0.1, -0.05) is 71.1 Å². The number of rotatable bonds is 18. The Hall–Kier alpha value is -0.810. The molecule has 32 heavy (non-hydrogen) atoms. The lowest BCUT2D eigenvalue weighted by Crippen LogP contribution is -2.59. The van der Waals surface area contributed by atoms with Gasteiger partial charge in [0.05, 0.1) is 13.2 Å². The van der Waals surface area contributed by atoms with Gasteiger partial charge in [-0.05, 0) is 6.42 Å². The lowest BCUT2D eigenvalue weighted by molar-refractivity contribution is -0.305. The lowest BCUT2D eigenvalue weighted by Gasteiger charge is -2.39. The summed E-state index contributed by atoms with van der Waals surface area (Å²) in [4.78, 5) is 11.8. The molecule has 190 valence electrons. The molecule has 0 aromatic carbocycles. The van der Waals surface area contributed by atoms with Gasteiger partial charge in [-0.3, -0.25) is 4.79 Å². The van der Waals surface area contributed by atoms with Crippen LogP contribution in [-0.4, -0.2) is 88.1 Å². The van der Waals surface area contributed by atoms with Crippen LogP contribution in [-0.2, 0) is 19.0 Å². The van der Waals surface area contributed by atoms with Crippen molar-refractivity contribution < 1.29 is 44.5 Å². The van der Waals surface area contributed by atoms with Crippen molar-refractivity contribution in [3.05, 3.63) is 0 Å². The van der Waals surface area contributed by atoms with Gasteiger partial charge in [-0.15, -0.1) is 0 Å². The monoisotopic (exact) mass is 464 g/mol. The summed E-state index contributed by atoms with van der Waals surface area (Å²) in [6, 6.07) is 0. The topological polar surface area (TPSA) is 146 Å². The molecule has 5 N–H and O–H groups in total. The van der Waals surface area contributed by atoms with Crippen LogP contribution in [0.2, 0.25) is 0 Å². The van der Waals surface area contributed by atoms with Crippen LogP contribution < -0.4 is 0 Å². The molecule has 0 saturated carbocycles. The van der Waals surface area contributed by atoms with E-state index in [0.29, 0.717) is 6.42 Å². The summed E-state index contributed by atoms with van der Waals surface area (Å²) in [5, 5.41) is 48.4. The zero-order valence-corrected chi connectivity index (χ0v) is 19.4. The summed E-state index contributed by atoms with van der Waals surface area (Å²) < 4.78 is 15.4. The molecule has 1 unspecified atom stereocenters. The van der Waals surface area contributed by atoms with Gasteiger partial charge in [-0.25, -0.2) is 0 Å². The predicted octanol–water partition coefficient (Wildman–Crippen LogP) is 1.41. The summed E-state index contributed by atoms with van der Waals surface area (Å²) in [5.41, 5.74) is 0. The number of carbonyl (C=O) groups is 1. The van der Waals surface area contributed by atoms with E-state index in [2.05, 4.69) is 6.92 Å². The van der Waals surface area contributed by atoms with Gasteiger partial charge in [0.15, 0.2) is 6.29 Å². The van der Waals surface area contributed by atoms with Crippen molar-refractivity contribution in [1.29, 1.82) is 0 Å². The van der Waals surface area contributed by atoms with Crippen LogP contribution in [0.25, 0.3) is 0 Å². The zero-order valence-electron chi connectivity index (χ0n) is 19.4. The minimum absolute atomic E-state index is 0.256. The predicted molar refractivity (Wildman–Crippen MR) is 118 cm³/mol. The molecule has 1 fully saturated rings. The number of unbranched alkanes of at least 4 members (excludes halogenated alkanes) is 10. The van der Waals surface area contributed by atoms with Gasteiger partial charge in [-0.2, -0.15) is 0 Å². The standard InChI is InChI=1S/C23H44O9/c1-2-3-4-5-6-7-8-9-10-11-12-13-19(26)30-15-17(25)16-31-23-22(29)21(28)20(27)18(14-24)32-23/h17-18,20-25,27-29H,2-16H2,1H3/t17?,18-,20+,21+,22-,23-/m1/s1. The Bertz CT molecular complexity index is 474. The van der Waals surface area contributed by atoms with Crippen LogP contribution in [0.1, 0.15) is 84.0 Å². The molecule has 0 radical (unpaired) electrons. The Morgan fingerprint density at radius 3 is 1.97 bits per heavy atom. The number of aliphatic hydroxyl groups is 5. The molecule has 1 saturated heterocycles. The van der Waals surface area contributed by atoms with Crippen LogP contribution in [0, 0.1) is 0 Å². The fourth-order valence-corrected chi connectivity index (χ4v) is 3.65. The van der Waals surface area contributed by atoms with E-state index in [-0.39, 0.29) is 19.2 Å². The molecule has 1 heterocycles. The molecule has 1 rings (SSSR count). The molecule has 1 aliphatic rings. The van der Waals surface area contributed by atoms with Crippen molar-refractivity contribution in [2.24, 2.45) is 0 Å². The molecule has 6 atom stereocenters. The number of ether oxygens (including phenoxy) is 3. The van der Waals surface area contributed by atoms with Crippen LogP contribution in [0.4, 0.5) is 0 Å². The summed E-state index contributed by atoms with van der Waals surface area (Å²) in [5.74, 6) is -0.382. The second-order valence-electron chi connectivity index (χ2n) is 8.65. The van der Waals surface area contributed by atoms with Gasteiger partial charge < -0.3 is 39.7 Å². The molecule has 0 amide bonds. The largest absolute Gasteiger partial charge is 0.463 e. The van der Waals surface area contributed by atoms with Crippen LogP contribution >= 0.6 is 0 Å². The second-order valence-corrected chi connectivity index (χ2v) is 8.65. The number of carbonyl (C=O) groups excluding carboxylic acids is 1. The van der Waals surface area contributed by atoms with Gasteiger partial charge in [0.25, 0.3) is 0 Å². The van der Waals surface area contributed by atoms with E-state index in [9.17, 15) is 25.2 Å². The van der Waals surface area contributed by atoms with E-state index < -0.39 is 43.4 Å². The summed E-state index contributed by atoms with van der Waals surface area (Å²) >= 11 is 0. The Balaban J connectivity index is 2.03. The van der Waals surface area contributed by atoms with E-state index in [1.165, 1.54) is 51.4 Å². The quantitative estimate of drug-likeness (QED) is 0.150. The van der Waals surface area contributed by atoms with E-state index in [1.54, 1.807) is 0 Å². The first kappa shape index (κ1) is 29.2. The van der Waals surface area contributed by atoms with Crippen LogP contribution in [0.15, 0.2) is 0 Å². The van der Waals surface area contributed by atoms with Gasteiger partial charge >= 0.3 is 5.97 Å². The number of hydrogen-bond donors (Lipinski definition) is 5. The molecule has 9 nitrogen and oxygen atoms in total. The summed E-state index contributed by atoms with van der Waals surface area (Å²) in [7, 11) is 0. The smallest absolute Gasteiger partial charge is 0.305 e. The fraction of sp³-hybridized carbons (Fsp3) is 0.957. The zero-order chi connectivity index (χ0) is 23.8. The van der Waals surface area contributed by atoms with E-state index >= 15 is 0 Å². The van der Waals surface area contributed by atoms with Crippen LogP contribution in [0.3, 0.4) is 0 Å². The molecule has 1 aliphatic heterocycles. The third-order valence-corrected chi connectivity index (χ3v) is 5.72. The Kier molecular flexibility index (Phi) is 16.1. The minimum Gasteiger partial charge on any atom is -0.463 e. The SMILES string of the molecule is CCCCCCCCCCCCCC(=O)OCC(O)CO[C@@H]1O[C@H](CO)[C@H](O)[C@H](O)[C@H]1O. The van der Waals surface area contributed by atoms with Crippen molar-refractivity contribution >= 4 is 5.97 Å². The average molecular weight is 465 g/mol. The highest BCUT2D eigenvalue weighted by molar-refractivity contribution is 5.69. The van der Waals surface area contributed by atoms with Crippen LogP contribution in [0.5, 0.6) is 0 Å². The number of hydrogen-bond acceptors (Lipinski definition) is 9. The fourth-order valence-electron chi connectivity index (χ4n) is 3.65. The van der Waals surface area contributed by atoms with Crippen molar-refractivity contribution in [1.82, 2.24) is 0 Å². The molecule has 0 aromatic heterocycles. The number of esters is 1. The highest BCUT2D eigenvalue weighted by atomic mass is 16.7. The second kappa shape index (κ2) is 17.6. The molecular weight excluding hydrogens is 420 g/mol. The molecule has 0 bridgehead atoms. The molecular formula is C23H44O9. The molecule has 0 aliphatic carbocycles. The first-order valence-electron chi connectivity index (χ1n) is 12.2. The highest BCUT2D eigenvalue weighted by Gasteiger charge is 2.44. The van der Waals surface area contributed by atoms with E-state index in [0.717, 1.165) is 19.3 Å². The van der Waals surface area contributed by atoms with Crippen molar-refractivity contribution in [2.45, 2.75) is 121 Å². The maximum absolute atomic E-state index is 11.8. The summed E-state index contributed by atoms with van der Waals surface area (Å²) in [6.45, 7) is 1.09. The normalized spacial score (nSPS) is 26.8. The Morgan fingerprint density at radius 2 is 1.41 bits per heavy atom. The van der Waals surface area contributed by atoms with Gasteiger partial charge in [0.1, 0.15) is 37.1 Å². The van der Waals surface area contributed by atoms with E-state index in [4.69, 9.17) is 19.3 Å². The molecule has 9 heteroatoms. The average Bonchev–Trinajstić information content (AvgIpc) is 2.79.